The van der Waals surface area contributed by atoms with Crippen LogP contribution < -0.4 is 0 Å². The molecule has 6 heteroatoms. The molecule has 6 nitrogen and oxygen atoms in total. The van der Waals surface area contributed by atoms with E-state index in [0.29, 0.717) is 0 Å². The molecule has 2 fully saturated rings. The van der Waals surface area contributed by atoms with Crippen LogP contribution in [0.4, 0.5) is 4.79 Å². The summed E-state index contributed by atoms with van der Waals surface area (Å²) in [6.45, 7) is 8.31. The number of hydrogen-bond acceptors (Lipinski definition) is 4. The molecule has 0 spiro atoms. The number of Topliss-reactive ketones (excluding diaryl/α,β-unsaturated/α-hetero) is 1. The van der Waals surface area contributed by atoms with Crippen LogP contribution in [0.1, 0.15) is 39.0 Å². The lowest BCUT2D eigenvalue weighted by atomic mass is 9.67. The second-order valence-corrected chi connectivity index (χ2v) is 7.06. The molecule has 1 unspecified atom stereocenters. The minimum Gasteiger partial charge on any atom is -0.292 e. The molecule has 1 atom stereocenters. The number of urea groups is 1. The van der Waals surface area contributed by atoms with Crippen molar-refractivity contribution in [1.82, 2.24) is 9.80 Å². The third-order valence-electron chi connectivity index (χ3n) is 5.52. The summed E-state index contributed by atoms with van der Waals surface area (Å²) in [6.07, 6.45) is 8.82. The number of ketones is 1. The van der Waals surface area contributed by atoms with Crippen molar-refractivity contribution >= 4 is 23.6 Å². The Balaban J connectivity index is 2.35. The maximum Gasteiger partial charge on any atom is 0.333 e. The summed E-state index contributed by atoms with van der Waals surface area (Å²) >= 11 is 0. The van der Waals surface area contributed by atoms with Gasteiger partial charge in [0.05, 0.1) is 6.54 Å². The fraction of sp³-hybridized carbons (Fsp3) is 0.500. The highest BCUT2D eigenvalue weighted by molar-refractivity contribution is 6.20. The number of imide groups is 2. The van der Waals surface area contributed by atoms with Crippen molar-refractivity contribution in [2.75, 3.05) is 13.6 Å². The van der Waals surface area contributed by atoms with Gasteiger partial charge in [-0.15, -0.1) is 0 Å². The van der Waals surface area contributed by atoms with Crippen molar-refractivity contribution in [3.8, 4) is 0 Å². The number of carbonyl (C=O) groups excluding carboxylic acids is 4. The molecule has 1 saturated carbocycles. The van der Waals surface area contributed by atoms with Gasteiger partial charge < -0.3 is 0 Å². The van der Waals surface area contributed by atoms with Gasteiger partial charge in [0, 0.05) is 12.6 Å². The summed E-state index contributed by atoms with van der Waals surface area (Å²) in [5, 5.41) is 0. The largest absolute Gasteiger partial charge is 0.333 e. The molecule has 140 valence electrons. The highest BCUT2D eigenvalue weighted by Crippen LogP contribution is 2.43. The first-order valence-corrected chi connectivity index (χ1v) is 8.91. The fourth-order valence-corrected chi connectivity index (χ4v) is 3.88. The second-order valence-electron chi connectivity index (χ2n) is 7.06. The summed E-state index contributed by atoms with van der Waals surface area (Å²) < 4.78 is 0. The number of nitrogens with zero attached hydrogens (tertiary/aromatic N) is 2. The van der Waals surface area contributed by atoms with Gasteiger partial charge in [0.15, 0.2) is 5.78 Å². The molecule has 0 bridgehead atoms. The Morgan fingerprint density at radius 3 is 2.31 bits per heavy atom. The Labute approximate surface area is 154 Å². The van der Waals surface area contributed by atoms with Gasteiger partial charge in [-0.2, -0.15) is 0 Å². The number of carbonyl (C=O) groups is 4. The van der Waals surface area contributed by atoms with Crippen LogP contribution >= 0.6 is 0 Å². The van der Waals surface area contributed by atoms with Crippen LogP contribution in [0.5, 0.6) is 0 Å². The molecule has 1 aliphatic heterocycles. The molecule has 1 aliphatic carbocycles. The fourth-order valence-electron chi connectivity index (χ4n) is 3.88. The smallest absolute Gasteiger partial charge is 0.292 e. The van der Waals surface area contributed by atoms with Crippen LogP contribution in [0.25, 0.3) is 0 Å². The maximum absolute atomic E-state index is 13.2. The van der Waals surface area contributed by atoms with E-state index in [1.807, 2.05) is 0 Å². The SMILES string of the molecule is C=C/C=C(\C=C)C(=O)CN1C(=O)N(C)C(=O)C(C)(C2CCCCC2)C1=O. The molecule has 2 aliphatic rings. The van der Waals surface area contributed by atoms with E-state index in [4.69, 9.17) is 0 Å². The molecule has 26 heavy (non-hydrogen) atoms. The first-order valence-electron chi connectivity index (χ1n) is 8.91. The highest BCUT2D eigenvalue weighted by atomic mass is 16.2. The topological polar surface area (TPSA) is 74.8 Å². The average Bonchev–Trinajstić information content (AvgIpc) is 2.66. The molecule has 0 aromatic carbocycles. The molecular weight excluding hydrogens is 332 g/mol. The average molecular weight is 358 g/mol. The summed E-state index contributed by atoms with van der Waals surface area (Å²) in [4.78, 5) is 52.8. The molecule has 0 aromatic heterocycles. The Hall–Kier alpha value is -2.50. The first-order chi connectivity index (χ1) is 12.3. The van der Waals surface area contributed by atoms with Crippen LogP contribution in [-0.4, -0.2) is 47.0 Å². The highest BCUT2D eigenvalue weighted by Gasteiger charge is 2.57. The van der Waals surface area contributed by atoms with Crippen LogP contribution in [-0.2, 0) is 14.4 Å². The van der Waals surface area contributed by atoms with Gasteiger partial charge in [0.2, 0.25) is 11.8 Å². The molecule has 1 heterocycles. The Bertz CT molecular complexity index is 688. The lowest BCUT2D eigenvalue weighted by Crippen LogP contribution is -2.66. The normalized spacial score (nSPS) is 25.5. The van der Waals surface area contributed by atoms with Crippen LogP contribution in [0, 0.1) is 11.3 Å². The van der Waals surface area contributed by atoms with Crippen LogP contribution in [0.2, 0.25) is 0 Å². The Kier molecular flexibility index (Phi) is 5.95. The van der Waals surface area contributed by atoms with Crippen molar-refractivity contribution in [2.24, 2.45) is 11.3 Å². The zero-order valence-corrected chi connectivity index (χ0v) is 15.5. The van der Waals surface area contributed by atoms with E-state index < -0.39 is 35.6 Å². The molecule has 0 aromatic rings. The summed E-state index contributed by atoms with van der Waals surface area (Å²) in [6, 6.07) is -0.761. The van der Waals surface area contributed by atoms with E-state index in [9.17, 15) is 19.2 Å². The molecule has 1 saturated heterocycles. The van der Waals surface area contributed by atoms with Gasteiger partial charge in [-0.05, 0) is 25.7 Å². The molecule has 0 N–H and O–H groups in total. The van der Waals surface area contributed by atoms with Gasteiger partial charge in [0.25, 0.3) is 0 Å². The van der Waals surface area contributed by atoms with Crippen molar-refractivity contribution in [3.63, 3.8) is 0 Å². The first kappa shape index (κ1) is 19.8. The van der Waals surface area contributed by atoms with E-state index >= 15 is 0 Å². The lowest BCUT2D eigenvalue weighted by Gasteiger charge is -2.45. The lowest BCUT2D eigenvalue weighted by molar-refractivity contribution is -0.162. The second kappa shape index (κ2) is 7.81. The van der Waals surface area contributed by atoms with Crippen molar-refractivity contribution in [1.29, 1.82) is 0 Å². The predicted octanol–water partition coefficient (Wildman–Crippen LogP) is 2.86. The standard InChI is InChI=1S/C20H26N2O4/c1-5-10-14(6-2)16(23)13-22-18(25)20(3,15-11-8-7-9-12-15)17(24)21(4)19(22)26/h5-6,10,15H,1-2,7-9,11-13H2,3-4H3/b14-10+. The van der Waals surface area contributed by atoms with E-state index in [1.165, 1.54) is 25.3 Å². The van der Waals surface area contributed by atoms with Crippen molar-refractivity contribution in [3.05, 3.63) is 37.0 Å². The maximum atomic E-state index is 13.2. The van der Waals surface area contributed by atoms with Crippen molar-refractivity contribution < 1.29 is 19.2 Å². The number of allylic oxidation sites excluding steroid dienone is 3. The minimum atomic E-state index is -1.31. The van der Waals surface area contributed by atoms with Crippen molar-refractivity contribution in [2.45, 2.75) is 39.0 Å². The third kappa shape index (κ3) is 3.28. The summed E-state index contributed by atoms with van der Waals surface area (Å²) in [5.41, 5.74) is -1.04. The van der Waals surface area contributed by atoms with E-state index in [0.717, 1.165) is 41.9 Å². The van der Waals surface area contributed by atoms with Crippen LogP contribution in [0.3, 0.4) is 0 Å². The van der Waals surface area contributed by atoms with Gasteiger partial charge in [0.1, 0.15) is 5.41 Å². The van der Waals surface area contributed by atoms with Gasteiger partial charge in [-0.25, -0.2) is 4.79 Å². The molecule has 4 amide bonds. The van der Waals surface area contributed by atoms with E-state index in [-0.39, 0.29) is 11.5 Å². The number of rotatable bonds is 6. The molecule has 0 radical (unpaired) electrons. The van der Waals surface area contributed by atoms with E-state index in [2.05, 4.69) is 13.2 Å². The van der Waals surface area contributed by atoms with Gasteiger partial charge in [-0.3, -0.25) is 24.2 Å². The third-order valence-corrected chi connectivity index (χ3v) is 5.52. The number of amides is 4. The minimum absolute atomic E-state index is 0.119. The quantitative estimate of drug-likeness (QED) is 0.416. The zero-order chi connectivity index (χ0) is 19.5. The van der Waals surface area contributed by atoms with Crippen LogP contribution in [0.15, 0.2) is 37.0 Å². The Morgan fingerprint density at radius 1 is 1.15 bits per heavy atom. The van der Waals surface area contributed by atoms with E-state index in [1.54, 1.807) is 6.92 Å². The summed E-state index contributed by atoms with van der Waals surface area (Å²) in [7, 11) is 1.36. The Morgan fingerprint density at radius 2 is 1.77 bits per heavy atom. The number of barbiturate groups is 1. The van der Waals surface area contributed by atoms with Gasteiger partial charge in [-0.1, -0.05) is 50.6 Å². The zero-order valence-electron chi connectivity index (χ0n) is 15.5. The predicted molar refractivity (Wildman–Crippen MR) is 98.0 cm³/mol. The number of hydrogen-bond donors (Lipinski definition) is 0. The van der Waals surface area contributed by atoms with Gasteiger partial charge >= 0.3 is 6.03 Å². The monoisotopic (exact) mass is 358 g/mol. The summed E-state index contributed by atoms with van der Waals surface area (Å²) in [5.74, 6) is -1.59. The molecule has 2 rings (SSSR count). The molecular formula is C20H26N2O4.